The van der Waals surface area contributed by atoms with Gasteiger partial charge in [-0.3, -0.25) is 9.88 Å². The molecule has 3 aromatic carbocycles. The van der Waals surface area contributed by atoms with E-state index in [1.165, 1.54) is 29.2 Å². The van der Waals surface area contributed by atoms with Gasteiger partial charge in [0, 0.05) is 37.3 Å². The van der Waals surface area contributed by atoms with Gasteiger partial charge in [0.2, 0.25) is 0 Å². The van der Waals surface area contributed by atoms with Crippen LogP contribution in [0.25, 0.3) is 21.7 Å². The van der Waals surface area contributed by atoms with Crippen LogP contribution in [0.3, 0.4) is 0 Å². The number of fused-ring (bicyclic) bond motifs is 2. The van der Waals surface area contributed by atoms with Crippen molar-refractivity contribution in [1.82, 2.24) is 15.2 Å². The van der Waals surface area contributed by atoms with Crippen molar-refractivity contribution in [2.45, 2.75) is 38.0 Å². The van der Waals surface area contributed by atoms with E-state index in [0.29, 0.717) is 12.6 Å². The summed E-state index contributed by atoms with van der Waals surface area (Å²) in [6, 6.07) is 23.4. The molecule has 0 bridgehead atoms. The van der Waals surface area contributed by atoms with Crippen LogP contribution >= 0.6 is 0 Å². The van der Waals surface area contributed by atoms with Crippen molar-refractivity contribution in [3.63, 3.8) is 0 Å². The van der Waals surface area contributed by atoms with Gasteiger partial charge in [0.05, 0.1) is 18.7 Å². The molecule has 0 saturated carbocycles. The second kappa shape index (κ2) is 10.5. The molecule has 5 heteroatoms. The molecule has 2 heterocycles. The van der Waals surface area contributed by atoms with Crippen molar-refractivity contribution < 1.29 is 9.84 Å². The Morgan fingerprint density at radius 2 is 1.94 bits per heavy atom. The van der Waals surface area contributed by atoms with Crippen LogP contribution in [0.2, 0.25) is 0 Å². The third kappa shape index (κ3) is 5.07. The third-order valence-corrected chi connectivity index (χ3v) is 7.02. The Balaban J connectivity index is 1.24. The van der Waals surface area contributed by atoms with E-state index in [-0.39, 0.29) is 0 Å². The highest BCUT2D eigenvalue weighted by Gasteiger charge is 2.25. The Bertz CT molecular complexity index is 1260. The van der Waals surface area contributed by atoms with Gasteiger partial charge in [0.15, 0.2) is 0 Å². The lowest BCUT2D eigenvalue weighted by Gasteiger charge is -2.37. The van der Waals surface area contributed by atoms with Crippen LogP contribution in [-0.2, 0) is 6.54 Å². The van der Waals surface area contributed by atoms with Crippen LogP contribution in [0.4, 0.5) is 0 Å². The number of benzene rings is 3. The van der Waals surface area contributed by atoms with Crippen LogP contribution in [0, 0.1) is 0 Å². The van der Waals surface area contributed by atoms with Crippen LogP contribution in [0.1, 0.15) is 36.5 Å². The number of β-amino-alcohol motifs (C(OH)–C–C–N with tert-alkyl or cyclic N) is 1. The van der Waals surface area contributed by atoms with Gasteiger partial charge in [-0.05, 0) is 71.6 Å². The van der Waals surface area contributed by atoms with E-state index in [4.69, 9.17) is 4.74 Å². The molecular weight excluding hydrogens is 422 g/mol. The highest BCUT2D eigenvalue weighted by atomic mass is 16.5. The van der Waals surface area contributed by atoms with Crippen molar-refractivity contribution in [2.75, 3.05) is 26.7 Å². The monoisotopic (exact) mass is 455 g/mol. The Morgan fingerprint density at radius 3 is 2.82 bits per heavy atom. The van der Waals surface area contributed by atoms with E-state index >= 15 is 0 Å². The minimum absolute atomic E-state index is 0.423. The number of nitrogens with zero attached hydrogens (tertiary/aromatic N) is 2. The van der Waals surface area contributed by atoms with Crippen molar-refractivity contribution in [2.24, 2.45) is 0 Å². The van der Waals surface area contributed by atoms with Crippen molar-refractivity contribution >= 4 is 21.7 Å². The number of aliphatic hydroxyl groups is 1. The van der Waals surface area contributed by atoms with Crippen LogP contribution in [-0.4, -0.2) is 47.8 Å². The van der Waals surface area contributed by atoms with Gasteiger partial charge in [0.1, 0.15) is 5.75 Å². The molecule has 176 valence electrons. The fourth-order valence-electron chi connectivity index (χ4n) is 5.15. The second-order valence-corrected chi connectivity index (χ2v) is 9.26. The summed E-state index contributed by atoms with van der Waals surface area (Å²) in [6.07, 6.45) is 4.79. The molecule has 0 radical (unpaired) electrons. The molecule has 2 N–H and O–H groups in total. The Kier molecular flexibility index (Phi) is 7.05. The highest BCUT2D eigenvalue weighted by molar-refractivity contribution is 5.84. The average molecular weight is 456 g/mol. The lowest BCUT2D eigenvalue weighted by Crippen LogP contribution is -2.46. The van der Waals surface area contributed by atoms with Gasteiger partial charge in [-0.2, -0.15) is 0 Å². The Labute approximate surface area is 201 Å². The Hall–Kier alpha value is -2.99. The number of nitrogens with one attached hydrogen (secondary N) is 1. The first-order valence-corrected chi connectivity index (χ1v) is 12.2. The molecular formula is C29H33N3O2. The minimum atomic E-state index is -0.571. The summed E-state index contributed by atoms with van der Waals surface area (Å²) in [5.41, 5.74) is 3.10. The van der Waals surface area contributed by atoms with Crippen LogP contribution < -0.4 is 10.1 Å². The third-order valence-electron chi connectivity index (χ3n) is 7.02. The molecule has 5 rings (SSSR count). The predicted octanol–water partition coefficient (Wildman–Crippen LogP) is 5.07. The quantitative estimate of drug-likeness (QED) is 0.388. The maximum Gasteiger partial charge on any atom is 0.119 e. The van der Waals surface area contributed by atoms with Gasteiger partial charge < -0.3 is 15.2 Å². The Morgan fingerprint density at radius 1 is 1.06 bits per heavy atom. The van der Waals surface area contributed by atoms with E-state index in [1.54, 1.807) is 13.3 Å². The second-order valence-electron chi connectivity index (χ2n) is 9.26. The van der Waals surface area contributed by atoms with Crippen LogP contribution in [0.15, 0.2) is 72.9 Å². The SMILES string of the molecule is COc1ccc2nccc(C(O)CN3CCCCC3CNCc3ccc4ccccc4c3)c2c1. The van der Waals surface area contributed by atoms with E-state index in [2.05, 4.69) is 57.7 Å². The molecule has 2 atom stereocenters. The normalized spacial score (nSPS) is 17.8. The lowest BCUT2D eigenvalue weighted by atomic mass is 9.98. The van der Waals surface area contributed by atoms with Crippen LogP contribution in [0.5, 0.6) is 5.75 Å². The number of piperidine rings is 1. The minimum Gasteiger partial charge on any atom is -0.497 e. The van der Waals surface area contributed by atoms with E-state index in [1.807, 2.05) is 24.3 Å². The molecule has 0 aliphatic carbocycles. The molecule has 1 aliphatic rings. The summed E-state index contributed by atoms with van der Waals surface area (Å²) in [5.74, 6) is 0.780. The first-order chi connectivity index (χ1) is 16.7. The van der Waals surface area contributed by atoms with Crippen molar-refractivity contribution in [3.8, 4) is 5.75 Å². The number of aliphatic hydroxyl groups excluding tert-OH is 1. The molecule has 1 saturated heterocycles. The number of pyridine rings is 1. The van der Waals surface area contributed by atoms with E-state index < -0.39 is 6.10 Å². The summed E-state index contributed by atoms with van der Waals surface area (Å²) >= 11 is 0. The zero-order chi connectivity index (χ0) is 23.3. The molecule has 0 amide bonds. The number of hydrogen-bond donors (Lipinski definition) is 2. The summed E-state index contributed by atoms with van der Waals surface area (Å²) in [7, 11) is 1.66. The molecule has 2 unspecified atom stereocenters. The lowest BCUT2D eigenvalue weighted by molar-refractivity contribution is 0.0673. The molecule has 34 heavy (non-hydrogen) atoms. The summed E-state index contributed by atoms with van der Waals surface area (Å²) < 4.78 is 5.40. The molecule has 1 fully saturated rings. The summed E-state index contributed by atoms with van der Waals surface area (Å²) in [6.45, 7) is 3.42. The van der Waals surface area contributed by atoms with Crippen molar-refractivity contribution in [1.29, 1.82) is 0 Å². The standard InChI is InChI=1S/C29H33N3O2/c1-34-25-11-12-28-27(17-25)26(13-14-31-28)29(33)20-32-15-5-4-8-24(32)19-30-18-21-9-10-22-6-2-3-7-23(22)16-21/h2-3,6-7,9-14,16-17,24,29-30,33H,4-5,8,15,18-20H2,1H3. The molecule has 0 spiro atoms. The maximum atomic E-state index is 11.2. The number of aromatic nitrogens is 1. The number of likely N-dealkylation sites (tertiary alicyclic amines) is 1. The number of methoxy groups -OCH3 is 1. The maximum absolute atomic E-state index is 11.2. The largest absolute Gasteiger partial charge is 0.497 e. The first-order valence-electron chi connectivity index (χ1n) is 12.2. The van der Waals surface area contributed by atoms with Gasteiger partial charge in [-0.1, -0.05) is 42.8 Å². The van der Waals surface area contributed by atoms with Crippen molar-refractivity contribution in [3.05, 3.63) is 84.1 Å². The molecule has 1 aromatic heterocycles. The van der Waals surface area contributed by atoms with Gasteiger partial charge >= 0.3 is 0 Å². The first kappa shape index (κ1) is 22.8. The fourth-order valence-corrected chi connectivity index (χ4v) is 5.15. The molecule has 1 aliphatic heterocycles. The zero-order valence-corrected chi connectivity index (χ0v) is 19.8. The number of ether oxygens (including phenoxy) is 1. The molecule has 4 aromatic rings. The number of rotatable bonds is 8. The predicted molar refractivity (Wildman–Crippen MR) is 138 cm³/mol. The molecule has 5 nitrogen and oxygen atoms in total. The summed E-state index contributed by atoms with van der Waals surface area (Å²) in [5, 5.41) is 18.4. The smallest absolute Gasteiger partial charge is 0.119 e. The number of hydrogen-bond acceptors (Lipinski definition) is 5. The average Bonchev–Trinajstić information content (AvgIpc) is 2.89. The zero-order valence-electron chi connectivity index (χ0n) is 19.8. The topological polar surface area (TPSA) is 57.6 Å². The van der Waals surface area contributed by atoms with Gasteiger partial charge in [-0.25, -0.2) is 0 Å². The van der Waals surface area contributed by atoms with Gasteiger partial charge in [0.25, 0.3) is 0 Å². The van der Waals surface area contributed by atoms with E-state index in [9.17, 15) is 5.11 Å². The highest BCUT2D eigenvalue weighted by Crippen LogP contribution is 2.28. The summed E-state index contributed by atoms with van der Waals surface area (Å²) in [4.78, 5) is 6.91. The fraction of sp³-hybridized carbons (Fsp3) is 0.345. The van der Waals surface area contributed by atoms with Gasteiger partial charge in [-0.15, -0.1) is 0 Å². The van der Waals surface area contributed by atoms with E-state index in [0.717, 1.165) is 48.3 Å².